The molecule has 2 fully saturated rings. The molecule has 0 radical (unpaired) electrons. The Labute approximate surface area is 173 Å². The zero-order valence-corrected chi connectivity index (χ0v) is 16.6. The number of nitrogens with zero attached hydrogens (tertiary/aromatic N) is 3. The van der Waals surface area contributed by atoms with Crippen molar-refractivity contribution in [3.05, 3.63) is 35.9 Å². The standard InChI is InChI=1S/C19H25N5O6/c1-22(19(28)29)10-9-16(25)20-21-17(26)15-8-7-14-11-23(15)18(27)24(14)30-12-13-5-3-2-4-6-13/h2-6,14-15H,7-12H2,1H3,(H,20,25)(H,21,26)(H,28,29)/t14-,15+/m1/s1. The third-order valence-corrected chi connectivity index (χ3v) is 5.16. The zero-order chi connectivity index (χ0) is 21.7. The van der Waals surface area contributed by atoms with Crippen LogP contribution in [-0.2, 0) is 21.0 Å². The van der Waals surface area contributed by atoms with Crippen molar-refractivity contribution in [2.75, 3.05) is 20.1 Å². The summed E-state index contributed by atoms with van der Waals surface area (Å²) in [4.78, 5) is 55.8. The first-order valence-corrected chi connectivity index (χ1v) is 9.66. The average Bonchev–Trinajstić information content (AvgIpc) is 2.99. The van der Waals surface area contributed by atoms with Crippen molar-refractivity contribution in [2.24, 2.45) is 0 Å². The molecule has 0 aliphatic carbocycles. The fraction of sp³-hybridized carbons (Fsp3) is 0.474. The maximum absolute atomic E-state index is 12.7. The van der Waals surface area contributed by atoms with Crippen molar-refractivity contribution < 1.29 is 29.1 Å². The van der Waals surface area contributed by atoms with Gasteiger partial charge in [-0.1, -0.05) is 30.3 Å². The minimum atomic E-state index is -1.14. The van der Waals surface area contributed by atoms with Crippen molar-refractivity contribution >= 4 is 23.9 Å². The van der Waals surface area contributed by atoms with Gasteiger partial charge in [-0.05, 0) is 18.4 Å². The summed E-state index contributed by atoms with van der Waals surface area (Å²) >= 11 is 0. The summed E-state index contributed by atoms with van der Waals surface area (Å²) in [5, 5.41) is 10.1. The van der Waals surface area contributed by atoms with E-state index in [0.29, 0.717) is 19.4 Å². The quantitative estimate of drug-likeness (QED) is 0.553. The van der Waals surface area contributed by atoms with Crippen LogP contribution < -0.4 is 10.9 Å². The number of rotatable bonds is 7. The van der Waals surface area contributed by atoms with Crippen LogP contribution in [0.5, 0.6) is 0 Å². The summed E-state index contributed by atoms with van der Waals surface area (Å²) < 4.78 is 0. The number of hydrogen-bond acceptors (Lipinski definition) is 5. The number of hydrazine groups is 1. The molecule has 0 spiro atoms. The van der Waals surface area contributed by atoms with E-state index < -0.39 is 23.9 Å². The molecule has 2 saturated heterocycles. The Kier molecular flexibility index (Phi) is 6.72. The number of hydrogen-bond donors (Lipinski definition) is 3. The summed E-state index contributed by atoms with van der Waals surface area (Å²) in [6.07, 6.45) is -0.188. The highest BCUT2D eigenvalue weighted by molar-refractivity contribution is 5.90. The van der Waals surface area contributed by atoms with Crippen LogP contribution in [0, 0.1) is 0 Å². The smallest absolute Gasteiger partial charge is 0.407 e. The molecule has 3 rings (SSSR count). The molecule has 11 heteroatoms. The van der Waals surface area contributed by atoms with Gasteiger partial charge in [0.1, 0.15) is 12.6 Å². The summed E-state index contributed by atoms with van der Waals surface area (Å²) in [5.41, 5.74) is 5.52. The molecular weight excluding hydrogens is 394 g/mol. The summed E-state index contributed by atoms with van der Waals surface area (Å²) in [6.45, 7) is 0.637. The number of carboxylic acid groups (broad SMARTS) is 1. The number of fused-ring (bicyclic) bond motifs is 2. The fourth-order valence-electron chi connectivity index (χ4n) is 3.43. The number of nitrogens with one attached hydrogen (secondary N) is 2. The van der Waals surface area contributed by atoms with E-state index in [2.05, 4.69) is 10.9 Å². The van der Waals surface area contributed by atoms with E-state index in [9.17, 15) is 19.2 Å². The largest absolute Gasteiger partial charge is 0.465 e. The Morgan fingerprint density at radius 2 is 1.93 bits per heavy atom. The fourth-order valence-corrected chi connectivity index (χ4v) is 3.43. The zero-order valence-electron chi connectivity index (χ0n) is 16.6. The van der Waals surface area contributed by atoms with Gasteiger partial charge in [-0.25, -0.2) is 9.59 Å². The predicted octanol–water partition coefficient (Wildman–Crippen LogP) is 0.534. The lowest BCUT2D eigenvalue weighted by molar-refractivity contribution is -0.140. The van der Waals surface area contributed by atoms with Gasteiger partial charge in [-0.2, -0.15) is 5.06 Å². The Bertz CT molecular complexity index is 804. The average molecular weight is 419 g/mol. The first-order valence-electron chi connectivity index (χ1n) is 9.66. The van der Waals surface area contributed by atoms with Crippen LogP contribution in [0.15, 0.2) is 30.3 Å². The number of piperidine rings is 1. The van der Waals surface area contributed by atoms with Gasteiger partial charge in [0.15, 0.2) is 0 Å². The van der Waals surface area contributed by atoms with Crippen molar-refractivity contribution in [3.8, 4) is 0 Å². The lowest BCUT2D eigenvalue weighted by Gasteiger charge is -2.29. The number of carbonyl (C=O) groups is 4. The highest BCUT2D eigenvalue weighted by Gasteiger charge is 2.48. The number of benzene rings is 1. The van der Waals surface area contributed by atoms with Crippen LogP contribution >= 0.6 is 0 Å². The van der Waals surface area contributed by atoms with E-state index in [-0.39, 0.29) is 31.6 Å². The van der Waals surface area contributed by atoms with Gasteiger partial charge in [0.05, 0.1) is 6.04 Å². The number of amides is 5. The molecule has 2 atom stereocenters. The van der Waals surface area contributed by atoms with E-state index in [1.165, 1.54) is 17.0 Å². The minimum Gasteiger partial charge on any atom is -0.465 e. The second-order valence-electron chi connectivity index (χ2n) is 7.26. The molecule has 11 nitrogen and oxygen atoms in total. The number of urea groups is 1. The van der Waals surface area contributed by atoms with Gasteiger partial charge in [0, 0.05) is 26.6 Å². The molecule has 3 N–H and O–H groups in total. The van der Waals surface area contributed by atoms with Gasteiger partial charge in [0.2, 0.25) is 5.91 Å². The molecule has 2 aliphatic rings. The molecule has 0 aromatic heterocycles. The van der Waals surface area contributed by atoms with Crippen LogP contribution in [0.3, 0.4) is 0 Å². The number of hydroxylamine groups is 2. The topological polar surface area (TPSA) is 132 Å². The van der Waals surface area contributed by atoms with Gasteiger partial charge in [-0.15, -0.1) is 0 Å². The molecule has 1 aromatic rings. The lowest BCUT2D eigenvalue weighted by atomic mass is 10.0. The van der Waals surface area contributed by atoms with Crippen LogP contribution in [0.1, 0.15) is 24.8 Å². The van der Waals surface area contributed by atoms with E-state index in [1.807, 2.05) is 30.3 Å². The first-order chi connectivity index (χ1) is 14.4. The van der Waals surface area contributed by atoms with E-state index in [1.54, 1.807) is 0 Å². The molecule has 5 amide bonds. The third kappa shape index (κ3) is 4.98. The Morgan fingerprint density at radius 1 is 1.20 bits per heavy atom. The van der Waals surface area contributed by atoms with Gasteiger partial charge >= 0.3 is 12.1 Å². The van der Waals surface area contributed by atoms with Crippen LogP contribution in [0.4, 0.5) is 9.59 Å². The second-order valence-corrected chi connectivity index (χ2v) is 7.26. The Hall–Kier alpha value is -3.34. The minimum absolute atomic E-state index is 0.000466. The molecule has 2 aliphatic heterocycles. The molecule has 162 valence electrons. The van der Waals surface area contributed by atoms with Crippen LogP contribution in [0.25, 0.3) is 0 Å². The number of carbonyl (C=O) groups excluding carboxylic acids is 3. The van der Waals surface area contributed by atoms with Gasteiger partial charge < -0.3 is 14.9 Å². The molecule has 2 heterocycles. The van der Waals surface area contributed by atoms with E-state index in [0.717, 1.165) is 10.5 Å². The maximum atomic E-state index is 12.7. The van der Waals surface area contributed by atoms with Crippen molar-refractivity contribution in [1.82, 2.24) is 25.7 Å². The van der Waals surface area contributed by atoms with Crippen LogP contribution in [-0.4, -0.2) is 76.1 Å². The predicted molar refractivity (Wildman–Crippen MR) is 104 cm³/mol. The normalized spacial score (nSPS) is 20.1. The first kappa shape index (κ1) is 21.4. The maximum Gasteiger partial charge on any atom is 0.407 e. The molecule has 0 saturated carbocycles. The highest BCUT2D eigenvalue weighted by atomic mass is 16.7. The van der Waals surface area contributed by atoms with Gasteiger partial charge in [-0.3, -0.25) is 25.3 Å². The monoisotopic (exact) mass is 419 g/mol. The molecular formula is C19H25N5O6. The van der Waals surface area contributed by atoms with Crippen LogP contribution in [0.2, 0.25) is 0 Å². The SMILES string of the molecule is CN(CCC(=O)NNC(=O)[C@@H]1CC[C@@H]2CN1C(=O)N2OCc1ccccc1)C(=O)O. The highest BCUT2D eigenvalue weighted by Crippen LogP contribution is 2.30. The summed E-state index contributed by atoms with van der Waals surface area (Å²) in [5.74, 6) is -1.02. The Balaban J connectivity index is 1.47. The second kappa shape index (κ2) is 9.44. The van der Waals surface area contributed by atoms with Crippen molar-refractivity contribution in [2.45, 2.75) is 38.0 Å². The molecule has 30 heavy (non-hydrogen) atoms. The van der Waals surface area contributed by atoms with Crippen molar-refractivity contribution in [1.29, 1.82) is 0 Å². The van der Waals surface area contributed by atoms with E-state index >= 15 is 0 Å². The van der Waals surface area contributed by atoms with E-state index in [4.69, 9.17) is 9.94 Å². The summed E-state index contributed by atoms with van der Waals surface area (Å²) in [7, 11) is 1.34. The third-order valence-electron chi connectivity index (χ3n) is 5.16. The lowest BCUT2D eigenvalue weighted by Crippen LogP contribution is -2.54. The van der Waals surface area contributed by atoms with Crippen molar-refractivity contribution in [3.63, 3.8) is 0 Å². The molecule has 0 unspecified atom stereocenters. The molecule has 2 bridgehead atoms. The molecule has 1 aromatic carbocycles. The van der Waals surface area contributed by atoms with Gasteiger partial charge in [0.25, 0.3) is 5.91 Å². The summed E-state index contributed by atoms with van der Waals surface area (Å²) in [6, 6.07) is 8.28. The Morgan fingerprint density at radius 3 is 2.63 bits per heavy atom.